The van der Waals surface area contributed by atoms with Crippen LogP contribution in [0.2, 0.25) is 0 Å². The summed E-state index contributed by atoms with van der Waals surface area (Å²) in [7, 11) is 0. The van der Waals surface area contributed by atoms with Gasteiger partial charge < -0.3 is 0 Å². The summed E-state index contributed by atoms with van der Waals surface area (Å²) < 4.78 is 0. The number of carbonyl (C=O) groups excluding carboxylic acids is 1. The van der Waals surface area contributed by atoms with Crippen LogP contribution in [0, 0.1) is 46.3 Å². The average Bonchev–Trinajstić information content (AvgIpc) is 2.99. The Morgan fingerprint density at radius 2 is 1.82 bits per heavy atom. The lowest BCUT2D eigenvalue weighted by molar-refractivity contribution is -0.116. The minimum Gasteiger partial charge on any atom is -0.295 e. The first-order chi connectivity index (χ1) is 13.3. The van der Waals surface area contributed by atoms with Crippen molar-refractivity contribution in [1.29, 1.82) is 0 Å². The second-order valence-corrected chi connectivity index (χ2v) is 11.7. The molecule has 4 rings (SSSR count). The zero-order valence-corrected chi connectivity index (χ0v) is 19.0. The Balaban J connectivity index is 1.53. The maximum absolute atomic E-state index is 12.0. The summed E-state index contributed by atoms with van der Waals surface area (Å²) in [6, 6.07) is 0. The molecule has 7 atom stereocenters. The maximum Gasteiger partial charge on any atom is 0.156 e. The SMILES string of the molecule is CC(C)CCC[C@@H](C)[C@@H]1CC[C@@H]2[C@@H]3C=CC4=CC(=O)CC[C@]4(C)[C@H]3CC[C@@]21C. The van der Waals surface area contributed by atoms with E-state index in [0.29, 0.717) is 11.2 Å². The molecule has 0 saturated heterocycles. The van der Waals surface area contributed by atoms with Gasteiger partial charge in [-0.25, -0.2) is 0 Å². The lowest BCUT2D eigenvalue weighted by Gasteiger charge is -2.56. The smallest absolute Gasteiger partial charge is 0.156 e. The van der Waals surface area contributed by atoms with Crippen LogP contribution in [-0.2, 0) is 4.79 Å². The Kier molecular flexibility index (Phi) is 5.43. The topological polar surface area (TPSA) is 17.1 Å². The Morgan fingerprint density at radius 3 is 2.57 bits per heavy atom. The largest absolute Gasteiger partial charge is 0.295 e. The summed E-state index contributed by atoms with van der Waals surface area (Å²) in [4.78, 5) is 12.0. The molecule has 0 radical (unpaired) electrons. The van der Waals surface area contributed by atoms with Gasteiger partial charge in [0.2, 0.25) is 0 Å². The number of fused-ring (bicyclic) bond motifs is 5. The third-order valence-electron chi connectivity index (χ3n) is 9.72. The molecule has 1 nitrogen and oxygen atoms in total. The van der Waals surface area contributed by atoms with Gasteiger partial charge in [-0.15, -0.1) is 0 Å². The molecule has 0 aromatic rings. The lowest BCUT2D eigenvalue weighted by Crippen LogP contribution is -2.49. The van der Waals surface area contributed by atoms with E-state index in [1.165, 1.54) is 50.5 Å². The van der Waals surface area contributed by atoms with Crippen molar-refractivity contribution >= 4 is 5.78 Å². The third-order valence-corrected chi connectivity index (χ3v) is 9.72. The Labute approximate surface area is 173 Å². The fourth-order valence-electron chi connectivity index (χ4n) is 8.02. The van der Waals surface area contributed by atoms with E-state index in [-0.39, 0.29) is 5.41 Å². The molecular weight excluding hydrogens is 340 g/mol. The molecule has 2 saturated carbocycles. The summed E-state index contributed by atoms with van der Waals surface area (Å²) in [5, 5.41) is 0. The number of allylic oxidation sites excluding steroid dienone is 4. The van der Waals surface area contributed by atoms with Gasteiger partial charge in [0, 0.05) is 6.42 Å². The zero-order valence-electron chi connectivity index (χ0n) is 19.0. The van der Waals surface area contributed by atoms with Gasteiger partial charge in [-0.2, -0.15) is 0 Å². The second kappa shape index (κ2) is 7.44. The van der Waals surface area contributed by atoms with Crippen LogP contribution in [0.3, 0.4) is 0 Å². The molecule has 0 unspecified atom stereocenters. The summed E-state index contributed by atoms with van der Waals surface area (Å²) >= 11 is 0. The van der Waals surface area contributed by atoms with Crippen molar-refractivity contribution in [3.63, 3.8) is 0 Å². The van der Waals surface area contributed by atoms with Gasteiger partial charge in [0.25, 0.3) is 0 Å². The van der Waals surface area contributed by atoms with Crippen molar-refractivity contribution in [2.45, 2.75) is 92.4 Å². The van der Waals surface area contributed by atoms with Crippen LogP contribution < -0.4 is 0 Å². The molecule has 4 aliphatic rings. The molecule has 0 aromatic heterocycles. The first kappa shape index (κ1) is 20.4. The number of hydrogen-bond acceptors (Lipinski definition) is 1. The van der Waals surface area contributed by atoms with Crippen LogP contribution in [0.25, 0.3) is 0 Å². The van der Waals surface area contributed by atoms with Gasteiger partial charge in [0.1, 0.15) is 0 Å². The van der Waals surface area contributed by atoms with E-state index in [2.05, 4.69) is 46.8 Å². The van der Waals surface area contributed by atoms with Gasteiger partial charge in [-0.05, 0) is 90.1 Å². The van der Waals surface area contributed by atoms with E-state index >= 15 is 0 Å². The zero-order chi connectivity index (χ0) is 20.1. The molecule has 0 aliphatic heterocycles. The predicted molar refractivity (Wildman–Crippen MR) is 118 cm³/mol. The number of carbonyl (C=O) groups is 1. The van der Waals surface area contributed by atoms with E-state index < -0.39 is 0 Å². The van der Waals surface area contributed by atoms with Crippen LogP contribution in [0.15, 0.2) is 23.8 Å². The average molecular weight is 383 g/mol. The fraction of sp³-hybridized carbons (Fsp3) is 0.815. The fourth-order valence-corrected chi connectivity index (χ4v) is 8.02. The van der Waals surface area contributed by atoms with Gasteiger partial charge >= 0.3 is 0 Å². The number of ketones is 1. The number of rotatable bonds is 5. The van der Waals surface area contributed by atoms with E-state index in [0.717, 1.165) is 48.3 Å². The van der Waals surface area contributed by atoms with Gasteiger partial charge in [-0.3, -0.25) is 4.79 Å². The molecule has 156 valence electrons. The Bertz CT molecular complexity index is 670. The van der Waals surface area contributed by atoms with Crippen molar-refractivity contribution in [3.8, 4) is 0 Å². The highest BCUT2D eigenvalue weighted by Crippen LogP contribution is 2.66. The monoisotopic (exact) mass is 382 g/mol. The van der Waals surface area contributed by atoms with Crippen molar-refractivity contribution in [3.05, 3.63) is 23.8 Å². The molecule has 28 heavy (non-hydrogen) atoms. The summed E-state index contributed by atoms with van der Waals surface area (Å²) in [5.74, 6) is 5.32. The molecular formula is C27H42O. The summed E-state index contributed by atoms with van der Waals surface area (Å²) in [6.45, 7) is 12.4. The minimum absolute atomic E-state index is 0.246. The highest BCUT2D eigenvalue weighted by molar-refractivity contribution is 5.92. The van der Waals surface area contributed by atoms with Crippen molar-refractivity contribution < 1.29 is 4.79 Å². The maximum atomic E-state index is 12.0. The van der Waals surface area contributed by atoms with Crippen LogP contribution in [0.5, 0.6) is 0 Å². The van der Waals surface area contributed by atoms with E-state index in [1.54, 1.807) is 0 Å². The molecule has 0 amide bonds. The summed E-state index contributed by atoms with van der Waals surface area (Å²) in [5.41, 5.74) is 2.12. The number of hydrogen-bond donors (Lipinski definition) is 0. The van der Waals surface area contributed by atoms with Gasteiger partial charge in [-0.1, -0.05) is 66.0 Å². The van der Waals surface area contributed by atoms with E-state index in [9.17, 15) is 4.79 Å². The molecule has 4 aliphatic carbocycles. The highest BCUT2D eigenvalue weighted by atomic mass is 16.1. The Hall–Kier alpha value is -0.850. The van der Waals surface area contributed by atoms with Crippen LogP contribution in [0.4, 0.5) is 0 Å². The standard InChI is InChI=1S/C27H42O/c1-18(2)7-6-8-19(3)23-11-12-24-22-10-9-20-17-21(28)13-15-26(20,4)25(22)14-16-27(23,24)5/h9-10,17-19,22-25H,6-8,11-16H2,1-5H3/t19-,22+,23+,24-,25+,26+,27-/m1/s1. The molecule has 0 heterocycles. The van der Waals surface area contributed by atoms with Crippen molar-refractivity contribution in [2.24, 2.45) is 46.3 Å². The molecule has 1 heteroatoms. The lowest BCUT2D eigenvalue weighted by atomic mass is 9.48. The first-order valence-corrected chi connectivity index (χ1v) is 12.2. The van der Waals surface area contributed by atoms with Crippen molar-refractivity contribution in [1.82, 2.24) is 0 Å². The van der Waals surface area contributed by atoms with Crippen LogP contribution in [0.1, 0.15) is 92.4 Å². The van der Waals surface area contributed by atoms with E-state index in [4.69, 9.17) is 0 Å². The van der Waals surface area contributed by atoms with Crippen molar-refractivity contribution in [2.75, 3.05) is 0 Å². The van der Waals surface area contributed by atoms with Crippen LogP contribution in [-0.4, -0.2) is 5.78 Å². The second-order valence-electron chi connectivity index (χ2n) is 11.7. The molecule has 2 fully saturated rings. The Morgan fingerprint density at radius 1 is 1.04 bits per heavy atom. The first-order valence-electron chi connectivity index (χ1n) is 12.2. The van der Waals surface area contributed by atoms with E-state index in [1.807, 2.05) is 6.08 Å². The minimum atomic E-state index is 0.246. The highest BCUT2D eigenvalue weighted by Gasteiger charge is 2.58. The van der Waals surface area contributed by atoms with Crippen LogP contribution >= 0.6 is 0 Å². The van der Waals surface area contributed by atoms with Gasteiger partial charge in [0.05, 0.1) is 0 Å². The summed E-state index contributed by atoms with van der Waals surface area (Å²) in [6.07, 6.45) is 18.5. The molecule has 0 spiro atoms. The normalized spacial score (nSPS) is 43.4. The van der Waals surface area contributed by atoms with Gasteiger partial charge in [0.15, 0.2) is 5.78 Å². The quantitative estimate of drug-likeness (QED) is 0.485. The third kappa shape index (κ3) is 3.25. The molecule has 0 bridgehead atoms. The molecule has 0 aromatic carbocycles. The molecule has 0 N–H and O–H groups in total. The predicted octanol–water partition coefficient (Wildman–Crippen LogP) is 7.37.